The summed E-state index contributed by atoms with van der Waals surface area (Å²) in [7, 11) is 0. The van der Waals surface area contributed by atoms with Gasteiger partial charge in [0.25, 0.3) is 0 Å². The van der Waals surface area contributed by atoms with Crippen molar-refractivity contribution in [3.8, 4) is 0 Å². The molecule has 15 heavy (non-hydrogen) atoms. The van der Waals surface area contributed by atoms with Crippen molar-refractivity contribution in [3.63, 3.8) is 0 Å². The number of carboxylic acid groups (broad SMARTS) is 2. The fraction of sp³-hybridized carbons (Fsp3) is 0.500. The molecular weight excluding hydrogens is 368 g/mol. The molecule has 0 bridgehead atoms. The molecule has 86 valence electrons. The van der Waals surface area contributed by atoms with E-state index in [0.717, 1.165) is 0 Å². The Morgan fingerprint density at radius 1 is 1.40 bits per heavy atom. The molecule has 0 saturated carbocycles. The fourth-order valence-corrected chi connectivity index (χ4v) is 0.402. The summed E-state index contributed by atoms with van der Waals surface area (Å²) in [5.74, 6) is -2.20. The molecule has 0 aromatic rings. The predicted octanol–water partition coefficient (Wildman–Crippen LogP) is -0.577. The first-order valence-corrected chi connectivity index (χ1v) is 4.31. The van der Waals surface area contributed by atoms with E-state index in [9.17, 15) is 9.59 Å². The molecule has 0 aliphatic heterocycles. The van der Waals surface area contributed by atoms with E-state index < -0.39 is 18.0 Å². The number of carbonyl (C=O) groups is 2. The average Bonchev–Trinajstić information content (AvgIpc) is 1.98. The summed E-state index contributed by atoms with van der Waals surface area (Å²) in [6, 6.07) is -1.06. The van der Waals surface area contributed by atoms with Crippen molar-refractivity contribution in [2.75, 3.05) is 0 Å². The number of aliphatic carboxylic acids is 2. The van der Waals surface area contributed by atoms with Crippen LogP contribution in [0.3, 0.4) is 0 Å². The van der Waals surface area contributed by atoms with Crippen LogP contribution >= 0.6 is 24.8 Å². The number of carboxylic acids is 2. The van der Waals surface area contributed by atoms with Crippen LogP contribution in [0.1, 0.15) is 12.8 Å². The Morgan fingerprint density at radius 3 is 1.93 bits per heavy atom. The second-order valence-corrected chi connectivity index (χ2v) is 3.44. The van der Waals surface area contributed by atoms with E-state index in [4.69, 9.17) is 21.7 Å². The zero-order chi connectivity index (χ0) is 11.7. The largest absolute Gasteiger partial charge is 0.481 e. The van der Waals surface area contributed by atoms with Gasteiger partial charge in [0, 0.05) is 48.2 Å². The second-order valence-electron chi connectivity index (χ2n) is 2.22. The minimum Gasteiger partial charge on any atom is -0.481 e. The van der Waals surface area contributed by atoms with Crippen LogP contribution in [-0.2, 0) is 9.59 Å². The Morgan fingerprint density at radius 2 is 1.73 bits per heavy atom. The zero-order valence-corrected chi connectivity index (χ0v) is 12.6. The summed E-state index contributed by atoms with van der Waals surface area (Å²) < 4.78 is 0.194. The van der Waals surface area contributed by atoms with Gasteiger partial charge in [-0.15, -0.1) is 12.6 Å². The van der Waals surface area contributed by atoms with Crippen molar-refractivity contribution >= 4 is 41.1 Å². The first-order chi connectivity index (χ1) is 6.27. The number of thiocarbonyl (C=S) groups is 1. The van der Waals surface area contributed by atoms with Gasteiger partial charge in [0.05, 0.1) is 0 Å². The van der Waals surface area contributed by atoms with Gasteiger partial charge >= 0.3 is 11.9 Å². The summed E-state index contributed by atoms with van der Waals surface area (Å²) in [5, 5.41) is 16.3. The Balaban J connectivity index is -0.000000249. The molecule has 6 nitrogen and oxygen atoms in total. The van der Waals surface area contributed by atoms with Crippen molar-refractivity contribution in [1.82, 2.24) is 0 Å². The maximum Gasteiger partial charge on any atom is 0.320 e. The molecule has 0 amide bonds. The van der Waals surface area contributed by atoms with Crippen LogP contribution in [0.2, 0.25) is 0 Å². The third-order valence-corrected chi connectivity index (χ3v) is 0.986. The van der Waals surface area contributed by atoms with Crippen molar-refractivity contribution < 1.29 is 61.5 Å². The van der Waals surface area contributed by atoms with Crippen LogP contribution in [0.5, 0.6) is 0 Å². The van der Waals surface area contributed by atoms with Crippen LogP contribution in [0.25, 0.3) is 0 Å². The van der Waals surface area contributed by atoms with Gasteiger partial charge in [-0.1, -0.05) is 12.2 Å². The van der Waals surface area contributed by atoms with Gasteiger partial charge in [0.2, 0.25) is 0 Å². The molecule has 0 spiro atoms. The van der Waals surface area contributed by atoms with E-state index in [1.165, 1.54) is 0 Å². The van der Waals surface area contributed by atoms with Gasteiger partial charge in [-0.05, 0) is 6.42 Å². The molecule has 0 saturated heterocycles. The maximum atomic E-state index is 9.99. The van der Waals surface area contributed by atoms with E-state index in [-0.39, 0.29) is 58.9 Å². The van der Waals surface area contributed by atoms with Gasteiger partial charge in [-0.2, -0.15) is 0 Å². The summed E-state index contributed by atoms with van der Waals surface area (Å²) in [6.45, 7) is 0. The van der Waals surface area contributed by atoms with Crippen molar-refractivity contribution in [3.05, 3.63) is 0 Å². The topological polar surface area (TPSA) is 127 Å². The van der Waals surface area contributed by atoms with E-state index in [2.05, 4.69) is 24.8 Å². The summed E-state index contributed by atoms with van der Waals surface area (Å²) in [4.78, 5) is 19.9. The van der Waals surface area contributed by atoms with E-state index in [1.807, 2.05) is 0 Å². The third kappa shape index (κ3) is 25.1. The number of hydrogen-bond acceptors (Lipinski definition) is 4. The number of hydrogen-bond donors (Lipinski definition) is 5. The molecule has 1 atom stereocenters. The van der Waals surface area contributed by atoms with E-state index >= 15 is 0 Å². The van der Waals surface area contributed by atoms with E-state index in [1.54, 1.807) is 0 Å². The first-order valence-electron chi connectivity index (χ1n) is 3.46. The number of rotatable bonds is 4. The molecule has 0 rings (SSSR count). The molecule has 0 aromatic heterocycles. The molecule has 6 N–H and O–H groups in total. The summed E-state index contributed by atoms with van der Waals surface area (Å²) in [5.41, 5.74) is 9.71. The normalized spacial score (nSPS) is 10.0. The molecule has 0 radical (unpaired) electrons. The molecule has 0 heterocycles. The van der Waals surface area contributed by atoms with Crippen molar-refractivity contribution in [2.24, 2.45) is 11.5 Å². The fourth-order valence-electron chi connectivity index (χ4n) is 0.402. The van der Waals surface area contributed by atoms with Crippen LogP contribution in [-0.4, -0.2) is 32.5 Å². The van der Waals surface area contributed by atoms with E-state index in [0.29, 0.717) is 0 Å². The summed E-state index contributed by atoms with van der Waals surface area (Å²) >= 11 is 7.65. The maximum absolute atomic E-state index is 9.99. The summed E-state index contributed by atoms with van der Waals surface area (Å²) in [6.07, 6.45) is -0.224. The molecule has 0 fully saturated rings. The average molecular weight is 380 g/mol. The molecule has 0 aliphatic rings. The van der Waals surface area contributed by atoms with Gasteiger partial charge < -0.3 is 21.7 Å². The zero-order valence-electron chi connectivity index (χ0n) is 7.71. The van der Waals surface area contributed by atoms with Crippen molar-refractivity contribution in [2.45, 2.75) is 18.9 Å². The Bertz CT molecular complexity index is 223. The monoisotopic (exact) mass is 380 g/mol. The van der Waals surface area contributed by atoms with Gasteiger partial charge in [-0.3, -0.25) is 9.59 Å². The minimum absolute atomic E-state index is 0. The minimum atomic E-state index is -1.17. The predicted molar refractivity (Wildman–Crippen MR) is 58.3 cm³/mol. The molecular formula is C6H12CeN2O4S2. The molecule has 0 aromatic carbocycles. The first kappa shape index (κ1) is 20.9. The van der Waals surface area contributed by atoms with Crippen LogP contribution < -0.4 is 11.5 Å². The van der Waals surface area contributed by atoms with Crippen molar-refractivity contribution in [1.29, 1.82) is 0 Å². The van der Waals surface area contributed by atoms with Crippen LogP contribution in [0.15, 0.2) is 0 Å². The molecule has 9 heteroatoms. The van der Waals surface area contributed by atoms with Gasteiger partial charge in [0.15, 0.2) is 0 Å². The molecule has 0 aliphatic carbocycles. The Kier molecular flexibility index (Phi) is 17.5. The SMILES string of the molecule is NC(=S)S.NC(CCC(=O)O)C(=O)O.[Ce]. The number of thiol groups is 1. The quantitative estimate of drug-likeness (QED) is 0.326. The third-order valence-electron chi connectivity index (χ3n) is 0.986. The molecule has 1 unspecified atom stereocenters. The number of nitrogens with two attached hydrogens (primary N) is 2. The van der Waals surface area contributed by atoms with Gasteiger partial charge in [0.1, 0.15) is 10.4 Å². The standard InChI is InChI=1S/C5H9NO4.CH3NS2.Ce/c6-3(5(9)10)1-2-4(7)8;2-1(3)4;/h3H,1-2,6H2,(H,7,8)(H,9,10);(H3,2,3,4);. The van der Waals surface area contributed by atoms with Gasteiger partial charge in [-0.25, -0.2) is 0 Å². The Labute approximate surface area is 132 Å². The van der Waals surface area contributed by atoms with Crippen LogP contribution in [0.4, 0.5) is 0 Å². The van der Waals surface area contributed by atoms with Crippen LogP contribution in [0, 0.1) is 41.7 Å². The Hall–Kier alpha value is 0.517. The smallest absolute Gasteiger partial charge is 0.320 e. The second kappa shape index (κ2) is 12.6.